The monoisotopic (exact) mass is 269 g/mol. The minimum absolute atomic E-state index is 0.220. The van der Waals surface area contributed by atoms with Gasteiger partial charge in [-0.1, -0.05) is 0 Å². The van der Waals surface area contributed by atoms with Gasteiger partial charge in [-0.05, 0) is 23.8 Å². The van der Waals surface area contributed by atoms with Gasteiger partial charge in [-0.2, -0.15) is 0 Å². The minimum atomic E-state index is -0.684. The van der Waals surface area contributed by atoms with E-state index in [2.05, 4.69) is 4.74 Å². The lowest BCUT2D eigenvalue weighted by Gasteiger charge is -1.98. The second-order valence-electron chi connectivity index (χ2n) is 3.54. The summed E-state index contributed by atoms with van der Waals surface area (Å²) < 4.78 is 30.7. The summed E-state index contributed by atoms with van der Waals surface area (Å²) in [6.45, 7) is 0. The largest absolute Gasteiger partial charge is 0.465 e. The van der Waals surface area contributed by atoms with E-state index in [1.165, 1.54) is 25.3 Å². The highest BCUT2D eigenvalue weighted by Gasteiger charge is 2.16. The zero-order chi connectivity index (χ0) is 13.3. The molecule has 0 fully saturated rings. The quantitative estimate of drug-likeness (QED) is 0.852. The molecule has 0 saturated carbocycles. The van der Waals surface area contributed by atoms with Gasteiger partial charge in [0.1, 0.15) is 16.5 Å². The summed E-state index contributed by atoms with van der Waals surface area (Å²) in [4.78, 5) is 12.1. The molecular formula is C12H9F2NO2S. The summed E-state index contributed by atoms with van der Waals surface area (Å²) >= 11 is 1.03. The standard InChI is InChI=1S/C12H9F2NO2S/c1-17-12(16)11-9(15)5-10(18-11)6-2-7(13)4-8(14)3-6/h2-5H,15H2,1H3. The van der Waals surface area contributed by atoms with Crippen LogP contribution in [0, 0.1) is 11.6 Å². The first-order chi connectivity index (χ1) is 8.51. The molecule has 0 bridgehead atoms. The van der Waals surface area contributed by atoms with Gasteiger partial charge >= 0.3 is 5.97 Å². The smallest absolute Gasteiger partial charge is 0.350 e. The van der Waals surface area contributed by atoms with Crippen LogP contribution < -0.4 is 5.73 Å². The molecule has 0 spiro atoms. The van der Waals surface area contributed by atoms with E-state index in [0.717, 1.165) is 17.4 Å². The predicted octanol–water partition coefficient (Wildman–Crippen LogP) is 3.06. The Morgan fingerprint density at radius 1 is 1.22 bits per heavy atom. The fourth-order valence-corrected chi connectivity index (χ4v) is 2.48. The van der Waals surface area contributed by atoms with Crippen molar-refractivity contribution in [2.24, 2.45) is 0 Å². The third-order valence-electron chi connectivity index (χ3n) is 2.28. The van der Waals surface area contributed by atoms with Gasteiger partial charge in [0.05, 0.1) is 12.8 Å². The maximum absolute atomic E-state index is 13.1. The molecule has 0 unspecified atom stereocenters. The van der Waals surface area contributed by atoms with E-state index in [4.69, 9.17) is 5.73 Å². The summed E-state index contributed by atoms with van der Waals surface area (Å²) in [6.07, 6.45) is 0. The number of esters is 1. The van der Waals surface area contributed by atoms with E-state index < -0.39 is 17.6 Å². The van der Waals surface area contributed by atoms with Crippen molar-refractivity contribution in [2.75, 3.05) is 12.8 Å². The molecule has 0 aliphatic heterocycles. The van der Waals surface area contributed by atoms with E-state index in [1.54, 1.807) is 0 Å². The molecule has 0 saturated heterocycles. The third-order valence-corrected chi connectivity index (χ3v) is 3.46. The van der Waals surface area contributed by atoms with Gasteiger partial charge in [0.25, 0.3) is 0 Å². The minimum Gasteiger partial charge on any atom is -0.465 e. The molecule has 2 aromatic rings. The van der Waals surface area contributed by atoms with Crippen LogP contribution in [0.4, 0.5) is 14.5 Å². The molecule has 0 atom stereocenters. The SMILES string of the molecule is COC(=O)c1sc(-c2cc(F)cc(F)c2)cc1N. The predicted molar refractivity (Wildman–Crippen MR) is 65.4 cm³/mol. The number of halogens is 2. The number of nitrogen functional groups attached to an aromatic ring is 1. The van der Waals surface area contributed by atoms with Crippen LogP contribution in [-0.4, -0.2) is 13.1 Å². The van der Waals surface area contributed by atoms with Crippen molar-refractivity contribution in [3.8, 4) is 10.4 Å². The Morgan fingerprint density at radius 3 is 2.39 bits per heavy atom. The number of ether oxygens (including phenoxy) is 1. The Morgan fingerprint density at radius 2 is 1.83 bits per heavy atom. The van der Waals surface area contributed by atoms with Crippen molar-refractivity contribution in [2.45, 2.75) is 0 Å². The molecule has 1 heterocycles. The number of methoxy groups -OCH3 is 1. The molecule has 2 N–H and O–H groups in total. The van der Waals surface area contributed by atoms with Crippen LogP contribution in [0.1, 0.15) is 9.67 Å². The van der Waals surface area contributed by atoms with Crippen molar-refractivity contribution < 1.29 is 18.3 Å². The first kappa shape index (κ1) is 12.5. The lowest BCUT2D eigenvalue weighted by atomic mass is 10.2. The maximum Gasteiger partial charge on any atom is 0.350 e. The van der Waals surface area contributed by atoms with Gasteiger partial charge in [-0.3, -0.25) is 0 Å². The van der Waals surface area contributed by atoms with Gasteiger partial charge in [0, 0.05) is 10.9 Å². The van der Waals surface area contributed by atoms with Crippen LogP contribution in [0.3, 0.4) is 0 Å². The number of carbonyl (C=O) groups excluding carboxylic acids is 1. The molecule has 18 heavy (non-hydrogen) atoms. The molecule has 3 nitrogen and oxygen atoms in total. The number of nitrogens with two attached hydrogens (primary N) is 1. The number of benzene rings is 1. The fourth-order valence-electron chi connectivity index (χ4n) is 1.50. The van der Waals surface area contributed by atoms with E-state index in [0.29, 0.717) is 10.4 Å². The number of carbonyl (C=O) groups is 1. The average molecular weight is 269 g/mol. The molecule has 0 aliphatic carbocycles. The van der Waals surface area contributed by atoms with E-state index in [1.807, 2.05) is 0 Å². The van der Waals surface area contributed by atoms with E-state index in [9.17, 15) is 13.6 Å². The average Bonchev–Trinajstić information content (AvgIpc) is 2.69. The van der Waals surface area contributed by atoms with Crippen LogP contribution in [0.15, 0.2) is 24.3 Å². The lowest BCUT2D eigenvalue weighted by molar-refractivity contribution is 0.0607. The topological polar surface area (TPSA) is 52.3 Å². The molecule has 1 aromatic carbocycles. The van der Waals surface area contributed by atoms with Gasteiger partial charge in [0.15, 0.2) is 0 Å². The van der Waals surface area contributed by atoms with Gasteiger partial charge in [-0.25, -0.2) is 13.6 Å². The third kappa shape index (κ3) is 2.33. The zero-order valence-electron chi connectivity index (χ0n) is 9.37. The van der Waals surface area contributed by atoms with E-state index >= 15 is 0 Å². The molecule has 94 valence electrons. The zero-order valence-corrected chi connectivity index (χ0v) is 10.2. The van der Waals surface area contributed by atoms with Crippen molar-refractivity contribution in [1.82, 2.24) is 0 Å². The van der Waals surface area contributed by atoms with Crippen LogP contribution in [0.5, 0.6) is 0 Å². The van der Waals surface area contributed by atoms with Crippen LogP contribution >= 0.6 is 11.3 Å². The number of thiophene rings is 1. The normalized spacial score (nSPS) is 10.4. The first-order valence-corrected chi connectivity index (χ1v) is 5.77. The van der Waals surface area contributed by atoms with E-state index in [-0.39, 0.29) is 10.6 Å². The molecule has 0 amide bonds. The summed E-state index contributed by atoms with van der Waals surface area (Å²) in [5, 5.41) is 0. The summed E-state index contributed by atoms with van der Waals surface area (Å²) in [5.41, 5.74) is 6.21. The van der Waals surface area contributed by atoms with Gasteiger partial charge in [-0.15, -0.1) is 11.3 Å². The van der Waals surface area contributed by atoms with Gasteiger partial charge < -0.3 is 10.5 Å². The second-order valence-corrected chi connectivity index (χ2v) is 4.60. The molecule has 0 aliphatic rings. The summed E-state index contributed by atoms with van der Waals surface area (Å²) in [6, 6.07) is 4.62. The van der Waals surface area contributed by atoms with Gasteiger partial charge in [0.2, 0.25) is 0 Å². The van der Waals surface area contributed by atoms with Crippen molar-refractivity contribution in [3.05, 3.63) is 40.8 Å². The molecule has 6 heteroatoms. The Kier molecular flexibility index (Phi) is 3.29. The van der Waals surface area contributed by atoms with Crippen LogP contribution in [-0.2, 0) is 4.74 Å². The maximum atomic E-state index is 13.1. The highest BCUT2D eigenvalue weighted by Crippen LogP contribution is 2.34. The molecule has 2 rings (SSSR count). The number of rotatable bonds is 2. The Bertz CT molecular complexity index is 590. The Balaban J connectivity index is 2.48. The van der Waals surface area contributed by atoms with Crippen molar-refractivity contribution in [1.29, 1.82) is 0 Å². The van der Waals surface area contributed by atoms with Crippen LogP contribution in [0.25, 0.3) is 10.4 Å². The van der Waals surface area contributed by atoms with Crippen molar-refractivity contribution in [3.63, 3.8) is 0 Å². The number of hydrogen-bond donors (Lipinski definition) is 1. The first-order valence-electron chi connectivity index (χ1n) is 4.95. The molecule has 0 radical (unpaired) electrons. The second kappa shape index (κ2) is 4.73. The lowest BCUT2D eigenvalue weighted by Crippen LogP contribution is -2.00. The Labute approximate surface area is 106 Å². The fraction of sp³-hybridized carbons (Fsp3) is 0.0833. The molecular weight excluding hydrogens is 260 g/mol. The molecule has 1 aromatic heterocycles. The highest BCUT2D eigenvalue weighted by molar-refractivity contribution is 7.18. The summed E-state index contributed by atoms with van der Waals surface area (Å²) in [7, 11) is 1.24. The Hall–Kier alpha value is -1.95. The van der Waals surface area contributed by atoms with Crippen LogP contribution in [0.2, 0.25) is 0 Å². The van der Waals surface area contributed by atoms with Crippen molar-refractivity contribution >= 4 is 23.0 Å². The highest BCUT2D eigenvalue weighted by atomic mass is 32.1. The number of hydrogen-bond acceptors (Lipinski definition) is 4. The summed E-state index contributed by atoms with van der Waals surface area (Å²) in [5.74, 6) is -1.94. The number of anilines is 1.